The van der Waals surface area contributed by atoms with E-state index in [2.05, 4.69) is 39.3 Å². The van der Waals surface area contributed by atoms with Crippen molar-refractivity contribution < 1.29 is 0 Å². The van der Waals surface area contributed by atoms with Gasteiger partial charge in [0.2, 0.25) is 0 Å². The fraction of sp³-hybridized carbons (Fsp3) is 0.583. The topological polar surface area (TPSA) is 12.4 Å². The molecular weight excluding hydrogens is 158 g/mol. The second-order valence-electron chi connectivity index (χ2n) is 3.60. The Morgan fingerprint density at radius 1 is 1.46 bits per heavy atom. The van der Waals surface area contributed by atoms with Crippen molar-refractivity contribution in [2.75, 3.05) is 0 Å². The molecular formula is C12H21N. The average Bonchev–Trinajstić information content (AvgIpc) is 2.11. The van der Waals surface area contributed by atoms with Crippen LogP contribution < -0.4 is 0 Å². The molecule has 74 valence electrons. The van der Waals surface area contributed by atoms with Crippen LogP contribution in [-0.2, 0) is 0 Å². The molecule has 0 aliphatic rings. The Bertz CT molecular complexity index is 209. The van der Waals surface area contributed by atoms with Gasteiger partial charge in [-0.25, -0.2) is 0 Å². The summed E-state index contributed by atoms with van der Waals surface area (Å²) in [4.78, 5) is 4.39. The monoisotopic (exact) mass is 179 g/mol. The number of hydrogen-bond acceptors (Lipinski definition) is 1. The average molecular weight is 179 g/mol. The largest absolute Gasteiger partial charge is 0.261 e. The van der Waals surface area contributed by atoms with Crippen LogP contribution in [0.4, 0.5) is 0 Å². The van der Waals surface area contributed by atoms with E-state index < -0.39 is 0 Å². The van der Waals surface area contributed by atoms with E-state index in [1.807, 2.05) is 12.3 Å². The molecule has 0 unspecified atom stereocenters. The first kappa shape index (κ1) is 12.2. The molecule has 0 fully saturated rings. The summed E-state index contributed by atoms with van der Waals surface area (Å²) in [5.41, 5.74) is 2.40. The summed E-state index contributed by atoms with van der Waals surface area (Å²) in [5, 5.41) is 0. The number of nitrogens with zero attached hydrogens (tertiary/aromatic N) is 1. The molecule has 0 heterocycles. The second kappa shape index (κ2) is 6.64. The van der Waals surface area contributed by atoms with Gasteiger partial charge in [0.05, 0.1) is 0 Å². The van der Waals surface area contributed by atoms with Gasteiger partial charge in [-0.2, -0.15) is 0 Å². The Morgan fingerprint density at radius 3 is 2.46 bits per heavy atom. The number of hydrogen-bond donors (Lipinski definition) is 0. The zero-order valence-corrected chi connectivity index (χ0v) is 9.30. The molecule has 0 aliphatic carbocycles. The van der Waals surface area contributed by atoms with E-state index in [0.29, 0.717) is 5.92 Å². The van der Waals surface area contributed by atoms with Gasteiger partial charge >= 0.3 is 0 Å². The van der Waals surface area contributed by atoms with Crippen LogP contribution in [0.1, 0.15) is 40.5 Å². The van der Waals surface area contributed by atoms with Gasteiger partial charge < -0.3 is 0 Å². The Kier molecular flexibility index (Phi) is 6.21. The van der Waals surface area contributed by atoms with E-state index in [0.717, 1.165) is 18.6 Å². The minimum atomic E-state index is 0.580. The molecule has 0 bridgehead atoms. The molecule has 1 nitrogen and oxygen atoms in total. The van der Waals surface area contributed by atoms with Gasteiger partial charge in [-0.05, 0) is 25.3 Å². The maximum absolute atomic E-state index is 4.39. The highest BCUT2D eigenvalue weighted by Crippen LogP contribution is 2.08. The second-order valence-corrected chi connectivity index (χ2v) is 3.60. The SMILES string of the molecule is C=C/C(CCC)=N\C=C(/C)C(C)C. The summed E-state index contributed by atoms with van der Waals surface area (Å²) < 4.78 is 0. The molecule has 0 aromatic rings. The smallest absolute Gasteiger partial charge is 0.0397 e. The summed E-state index contributed by atoms with van der Waals surface area (Å²) in [5.74, 6) is 0.580. The first-order chi connectivity index (χ1) is 6.11. The first-order valence-corrected chi connectivity index (χ1v) is 4.97. The Hall–Kier alpha value is -0.850. The lowest BCUT2D eigenvalue weighted by Gasteiger charge is -2.02. The molecule has 0 saturated heterocycles. The van der Waals surface area contributed by atoms with Gasteiger partial charge in [0.1, 0.15) is 0 Å². The molecule has 0 N–H and O–H groups in total. The first-order valence-electron chi connectivity index (χ1n) is 4.97. The molecule has 0 radical (unpaired) electrons. The Labute approximate surface area is 82.3 Å². The Balaban J connectivity index is 4.35. The number of rotatable bonds is 5. The quantitative estimate of drug-likeness (QED) is 0.566. The fourth-order valence-corrected chi connectivity index (χ4v) is 0.809. The zero-order chi connectivity index (χ0) is 10.3. The standard InChI is InChI=1S/C12H21N/c1-6-8-12(7-2)13-9-11(5)10(3)4/h7,9-10H,2,6,8H2,1,3-5H3/b11-9+,13-12+. The minimum absolute atomic E-state index is 0.580. The van der Waals surface area contributed by atoms with Gasteiger partial charge in [-0.15, -0.1) is 0 Å². The lowest BCUT2D eigenvalue weighted by Crippen LogP contribution is -1.92. The third kappa shape index (κ3) is 5.40. The Morgan fingerprint density at radius 2 is 2.08 bits per heavy atom. The van der Waals surface area contributed by atoms with Crippen molar-refractivity contribution in [3.63, 3.8) is 0 Å². The summed E-state index contributed by atoms with van der Waals surface area (Å²) in [7, 11) is 0. The minimum Gasteiger partial charge on any atom is -0.261 e. The number of allylic oxidation sites excluding steroid dienone is 2. The molecule has 0 aromatic carbocycles. The highest BCUT2D eigenvalue weighted by atomic mass is 14.7. The van der Waals surface area contributed by atoms with Crippen LogP contribution in [0.5, 0.6) is 0 Å². The van der Waals surface area contributed by atoms with Crippen molar-refractivity contribution >= 4 is 5.71 Å². The maximum atomic E-state index is 4.39. The molecule has 0 amide bonds. The van der Waals surface area contributed by atoms with Crippen LogP contribution >= 0.6 is 0 Å². The molecule has 0 aromatic heterocycles. The van der Waals surface area contributed by atoms with Crippen molar-refractivity contribution in [2.24, 2.45) is 10.9 Å². The molecule has 0 atom stereocenters. The summed E-state index contributed by atoms with van der Waals surface area (Å²) in [6, 6.07) is 0. The fourth-order valence-electron chi connectivity index (χ4n) is 0.809. The third-order valence-corrected chi connectivity index (χ3v) is 2.09. The van der Waals surface area contributed by atoms with E-state index in [-0.39, 0.29) is 0 Å². The molecule has 13 heavy (non-hydrogen) atoms. The molecule has 1 heteroatoms. The predicted molar refractivity (Wildman–Crippen MR) is 61.1 cm³/mol. The summed E-state index contributed by atoms with van der Waals surface area (Å²) >= 11 is 0. The van der Waals surface area contributed by atoms with Crippen LogP contribution in [0.2, 0.25) is 0 Å². The molecule has 0 spiro atoms. The van der Waals surface area contributed by atoms with Crippen LogP contribution in [0.15, 0.2) is 29.4 Å². The van der Waals surface area contributed by atoms with E-state index in [9.17, 15) is 0 Å². The maximum Gasteiger partial charge on any atom is 0.0397 e. The highest BCUT2D eigenvalue weighted by molar-refractivity contribution is 5.94. The van der Waals surface area contributed by atoms with E-state index in [1.165, 1.54) is 5.57 Å². The molecule has 0 rings (SSSR count). The van der Waals surface area contributed by atoms with Gasteiger partial charge in [-0.3, -0.25) is 4.99 Å². The summed E-state index contributed by atoms with van der Waals surface area (Å²) in [6.07, 6.45) is 5.94. The van der Waals surface area contributed by atoms with Crippen molar-refractivity contribution in [1.29, 1.82) is 0 Å². The van der Waals surface area contributed by atoms with E-state index in [1.54, 1.807) is 0 Å². The predicted octanol–water partition coefficient (Wildman–Crippen LogP) is 3.97. The van der Waals surface area contributed by atoms with Crippen LogP contribution in [0.3, 0.4) is 0 Å². The third-order valence-electron chi connectivity index (χ3n) is 2.09. The lowest BCUT2D eigenvalue weighted by molar-refractivity contribution is 0.766. The lowest BCUT2D eigenvalue weighted by atomic mass is 10.1. The van der Waals surface area contributed by atoms with Gasteiger partial charge in [0.15, 0.2) is 0 Å². The van der Waals surface area contributed by atoms with Crippen LogP contribution in [0, 0.1) is 5.92 Å². The van der Waals surface area contributed by atoms with Gasteiger partial charge in [0.25, 0.3) is 0 Å². The van der Waals surface area contributed by atoms with Crippen molar-refractivity contribution in [1.82, 2.24) is 0 Å². The zero-order valence-electron chi connectivity index (χ0n) is 9.30. The van der Waals surface area contributed by atoms with Crippen LogP contribution in [-0.4, -0.2) is 5.71 Å². The number of aliphatic imine (C=N–C) groups is 1. The van der Waals surface area contributed by atoms with E-state index >= 15 is 0 Å². The van der Waals surface area contributed by atoms with Crippen LogP contribution in [0.25, 0.3) is 0 Å². The van der Waals surface area contributed by atoms with Gasteiger partial charge in [-0.1, -0.05) is 39.3 Å². The normalized spacial score (nSPS) is 13.6. The van der Waals surface area contributed by atoms with Crippen molar-refractivity contribution in [3.8, 4) is 0 Å². The van der Waals surface area contributed by atoms with Crippen molar-refractivity contribution in [3.05, 3.63) is 24.4 Å². The molecule has 0 aliphatic heterocycles. The van der Waals surface area contributed by atoms with Crippen molar-refractivity contribution in [2.45, 2.75) is 40.5 Å². The highest BCUT2D eigenvalue weighted by Gasteiger charge is 1.95. The van der Waals surface area contributed by atoms with E-state index in [4.69, 9.17) is 0 Å². The molecule has 0 saturated carbocycles. The van der Waals surface area contributed by atoms with Gasteiger partial charge in [0, 0.05) is 11.9 Å². The summed E-state index contributed by atoms with van der Waals surface area (Å²) in [6.45, 7) is 12.4.